The first-order valence-corrected chi connectivity index (χ1v) is 12.3. The molecule has 0 aromatic rings. The highest BCUT2D eigenvalue weighted by molar-refractivity contribution is 5.69. The number of allylic oxidation sites excluding steroid dienone is 2. The highest BCUT2D eigenvalue weighted by atomic mass is 16.5. The molecular formula is C25H48O4. The average Bonchev–Trinajstić information content (AvgIpc) is 2.73. The van der Waals surface area contributed by atoms with Gasteiger partial charge in [0.1, 0.15) is 12.7 Å². The van der Waals surface area contributed by atoms with Gasteiger partial charge in [-0.25, -0.2) is 0 Å². The Kier molecular flexibility index (Phi) is 22.7. The van der Waals surface area contributed by atoms with Crippen molar-refractivity contribution in [2.24, 2.45) is 0 Å². The highest BCUT2D eigenvalue weighted by Gasteiger charge is 2.07. The molecule has 2 N–H and O–H groups in total. The number of ether oxygens (including phenoxy) is 1. The molecule has 0 aliphatic rings. The Labute approximate surface area is 180 Å². The lowest BCUT2D eigenvalue weighted by molar-refractivity contribution is -0.147. The van der Waals surface area contributed by atoms with E-state index in [0.29, 0.717) is 6.42 Å². The summed E-state index contributed by atoms with van der Waals surface area (Å²) in [7, 11) is 0. The average molecular weight is 413 g/mol. The molecule has 0 aromatic carbocycles. The van der Waals surface area contributed by atoms with E-state index in [2.05, 4.69) is 19.1 Å². The van der Waals surface area contributed by atoms with Crippen LogP contribution in [-0.4, -0.2) is 35.5 Å². The minimum absolute atomic E-state index is 0.107. The van der Waals surface area contributed by atoms with E-state index in [1.165, 1.54) is 96.3 Å². The molecule has 0 amide bonds. The van der Waals surface area contributed by atoms with Gasteiger partial charge in [0.25, 0.3) is 0 Å². The number of unbranched alkanes of at least 4 members (excludes halogenated alkanes) is 15. The van der Waals surface area contributed by atoms with E-state index in [4.69, 9.17) is 14.9 Å². The Morgan fingerprint density at radius 2 is 1.21 bits per heavy atom. The zero-order valence-electron chi connectivity index (χ0n) is 19.1. The molecule has 0 radical (unpaired) electrons. The van der Waals surface area contributed by atoms with Crippen molar-refractivity contribution in [3.8, 4) is 0 Å². The van der Waals surface area contributed by atoms with Crippen LogP contribution in [0.2, 0.25) is 0 Å². The van der Waals surface area contributed by atoms with Crippen LogP contribution in [0.1, 0.15) is 122 Å². The van der Waals surface area contributed by atoms with Crippen molar-refractivity contribution < 1.29 is 19.7 Å². The molecule has 29 heavy (non-hydrogen) atoms. The van der Waals surface area contributed by atoms with Crippen LogP contribution >= 0.6 is 0 Å². The Bertz CT molecular complexity index is 368. The second-order valence-electron chi connectivity index (χ2n) is 8.27. The molecule has 0 unspecified atom stereocenters. The monoisotopic (exact) mass is 412 g/mol. The van der Waals surface area contributed by atoms with Crippen molar-refractivity contribution in [2.75, 3.05) is 13.2 Å². The van der Waals surface area contributed by atoms with Crippen LogP contribution in [-0.2, 0) is 9.53 Å². The summed E-state index contributed by atoms with van der Waals surface area (Å²) in [5, 5.41) is 17.8. The minimum atomic E-state index is -0.958. The fourth-order valence-electron chi connectivity index (χ4n) is 3.36. The summed E-state index contributed by atoms with van der Waals surface area (Å²) in [5.74, 6) is -0.279. The van der Waals surface area contributed by atoms with Gasteiger partial charge in [0.05, 0.1) is 6.61 Å². The maximum absolute atomic E-state index is 11.4. The quantitative estimate of drug-likeness (QED) is 0.121. The third-order valence-electron chi connectivity index (χ3n) is 5.29. The summed E-state index contributed by atoms with van der Waals surface area (Å²) in [4.78, 5) is 11.4. The number of rotatable bonds is 22. The first-order valence-electron chi connectivity index (χ1n) is 12.3. The van der Waals surface area contributed by atoms with Gasteiger partial charge in [0, 0.05) is 6.42 Å². The van der Waals surface area contributed by atoms with Gasteiger partial charge in [0.15, 0.2) is 0 Å². The zero-order valence-corrected chi connectivity index (χ0v) is 19.1. The van der Waals surface area contributed by atoms with E-state index >= 15 is 0 Å². The minimum Gasteiger partial charge on any atom is -0.463 e. The van der Waals surface area contributed by atoms with Crippen molar-refractivity contribution in [1.82, 2.24) is 0 Å². The van der Waals surface area contributed by atoms with Crippen molar-refractivity contribution >= 4 is 5.97 Å². The predicted molar refractivity (Wildman–Crippen MR) is 122 cm³/mol. The lowest BCUT2D eigenvalue weighted by Gasteiger charge is -2.08. The topological polar surface area (TPSA) is 66.8 Å². The third-order valence-corrected chi connectivity index (χ3v) is 5.29. The first-order chi connectivity index (χ1) is 14.2. The standard InChI is InChI=1S/C25H48O4/c1-2-3-4-5-6-7-8-9-10-11-12-13-14-15-16-17-18-19-20-21-25(28)29-23-24(27)22-26/h9-10,24,26-27H,2-8,11-23H2,1H3/b10-9+/t24-/m0/s1. The number of aliphatic hydroxyl groups excluding tert-OH is 2. The van der Waals surface area contributed by atoms with Crippen LogP contribution < -0.4 is 0 Å². The van der Waals surface area contributed by atoms with Crippen molar-refractivity contribution in [1.29, 1.82) is 0 Å². The molecule has 0 aromatic heterocycles. The van der Waals surface area contributed by atoms with Crippen LogP contribution in [0.5, 0.6) is 0 Å². The largest absolute Gasteiger partial charge is 0.463 e. The van der Waals surface area contributed by atoms with E-state index < -0.39 is 6.10 Å². The predicted octanol–water partition coefficient (Wildman–Crippen LogP) is 6.48. The molecule has 0 bridgehead atoms. The molecular weight excluding hydrogens is 364 g/mol. The molecule has 0 aliphatic carbocycles. The number of aliphatic hydroxyl groups is 2. The van der Waals surface area contributed by atoms with Gasteiger partial charge in [-0.1, -0.05) is 96.1 Å². The van der Waals surface area contributed by atoms with Gasteiger partial charge in [-0.3, -0.25) is 4.79 Å². The SMILES string of the molecule is CCCCCCCC/C=C/CCCCCCCCCCCC(=O)OC[C@@H](O)CO. The van der Waals surface area contributed by atoms with Gasteiger partial charge in [-0.05, 0) is 32.1 Å². The summed E-state index contributed by atoms with van der Waals surface area (Å²) in [6.45, 7) is 1.79. The number of hydrogen-bond donors (Lipinski definition) is 2. The van der Waals surface area contributed by atoms with E-state index in [0.717, 1.165) is 12.8 Å². The molecule has 0 heterocycles. The van der Waals surface area contributed by atoms with Gasteiger partial charge < -0.3 is 14.9 Å². The molecule has 1 atom stereocenters. The highest BCUT2D eigenvalue weighted by Crippen LogP contribution is 2.12. The van der Waals surface area contributed by atoms with Crippen LogP contribution in [0, 0.1) is 0 Å². The molecule has 4 heteroatoms. The van der Waals surface area contributed by atoms with Gasteiger partial charge in [0.2, 0.25) is 0 Å². The number of hydrogen-bond acceptors (Lipinski definition) is 4. The maximum atomic E-state index is 11.4. The van der Waals surface area contributed by atoms with Crippen molar-refractivity contribution in [3.63, 3.8) is 0 Å². The molecule has 0 rings (SSSR count). The number of carbonyl (C=O) groups is 1. The Morgan fingerprint density at radius 3 is 1.69 bits per heavy atom. The lowest BCUT2D eigenvalue weighted by Crippen LogP contribution is -2.21. The molecule has 0 fully saturated rings. The summed E-state index contributed by atoms with van der Waals surface area (Å²) >= 11 is 0. The molecule has 0 saturated carbocycles. The summed E-state index contributed by atoms with van der Waals surface area (Å²) in [6.07, 6.45) is 25.9. The van der Waals surface area contributed by atoms with Crippen LogP contribution in [0.25, 0.3) is 0 Å². The lowest BCUT2D eigenvalue weighted by atomic mass is 10.1. The smallest absolute Gasteiger partial charge is 0.305 e. The molecule has 0 spiro atoms. The summed E-state index contributed by atoms with van der Waals surface area (Å²) < 4.78 is 4.88. The third kappa shape index (κ3) is 23.3. The van der Waals surface area contributed by atoms with Crippen molar-refractivity contribution in [2.45, 2.75) is 129 Å². The van der Waals surface area contributed by atoms with E-state index in [-0.39, 0.29) is 19.2 Å². The van der Waals surface area contributed by atoms with E-state index in [9.17, 15) is 4.79 Å². The zero-order chi connectivity index (χ0) is 21.4. The van der Waals surface area contributed by atoms with E-state index in [1.807, 2.05) is 0 Å². The van der Waals surface area contributed by atoms with Gasteiger partial charge in [-0.2, -0.15) is 0 Å². The number of esters is 1. The molecule has 4 nitrogen and oxygen atoms in total. The van der Waals surface area contributed by atoms with E-state index in [1.54, 1.807) is 0 Å². The second-order valence-corrected chi connectivity index (χ2v) is 8.27. The van der Waals surface area contributed by atoms with Crippen LogP contribution in [0.15, 0.2) is 12.2 Å². The maximum Gasteiger partial charge on any atom is 0.305 e. The summed E-state index contributed by atoms with van der Waals surface area (Å²) in [5.41, 5.74) is 0. The Morgan fingerprint density at radius 1 is 0.759 bits per heavy atom. The van der Waals surface area contributed by atoms with Gasteiger partial charge in [-0.15, -0.1) is 0 Å². The fourth-order valence-corrected chi connectivity index (χ4v) is 3.36. The van der Waals surface area contributed by atoms with Crippen molar-refractivity contribution in [3.05, 3.63) is 12.2 Å². The Hall–Kier alpha value is -0.870. The molecule has 172 valence electrons. The first kappa shape index (κ1) is 28.1. The van der Waals surface area contributed by atoms with Gasteiger partial charge >= 0.3 is 5.97 Å². The fraction of sp³-hybridized carbons (Fsp3) is 0.880. The molecule has 0 saturated heterocycles. The van der Waals surface area contributed by atoms with Crippen LogP contribution in [0.3, 0.4) is 0 Å². The second kappa shape index (κ2) is 23.4. The normalized spacial score (nSPS) is 12.5. The molecule has 0 aliphatic heterocycles. The van der Waals surface area contributed by atoms with Crippen LogP contribution in [0.4, 0.5) is 0 Å². The number of carbonyl (C=O) groups excluding carboxylic acids is 1. The summed E-state index contributed by atoms with van der Waals surface area (Å²) in [6, 6.07) is 0. The Balaban J connectivity index is 3.18.